The fourth-order valence-electron chi connectivity index (χ4n) is 2.48. The lowest BCUT2D eigenvalue weighted by Gasteiger charge is -2.10. The molecule has 1 N–H and O–H groups in total. The van der Waals surface area contributed by atoms with Gasteiger partial charge in [-0.2, -0.15) is 5.10 Å². The molecule has 0 bridgehead atoms. The molecule has 0 saturated heterocycles. The predicted octanol–water partition coefficient (Wildman–Crippen LogP) is 3.50. The van der Waals surface area contributed by atoms with Gasteiger partial charge in [-0.05, 0) is 36.2 Å². The summed E-state index contributed by atoms with van der Waals surface area (Å²) in [5, 5.41) is 7.22. The first-order valence-corrected chi connectivity index (χ1v) is 7.69. The van der Waals surface area contributed by atoms with Gasteiger partial charge in [0.05, 0.1) is 19.9 Å². The second kappa shape index (κ2) is 7.00. The van der Waals surface area contributed by atoms with Gasteiger partial charge in [0.25, 0.3) is 5.91 Å². The van der Waals surface area contributed by atoms with E-state index in [9.17, 15) is 4.79 Å². The minimum absolute atomic E-state index is 0.135. The zero-order valence-corrected chi connectivity index (χ0v) is 13.7. The first-order valence-electron chi connectivity index (χ1n) is 7.69. The topological polar surface area (TPSA) is 56.1 Å². The highest BCUT2D eigenvalue weighted by Gasteiger charge is 2.11. The monoisotopic (exact) mass is 321 g/mol. The molecule has 2 aromatic carbocycles. The van der Waals surface area contributed by atoms with Gasteiger partial charge in [0.2, 0.25) is 0 Å². The number of amides is 1. The summed E-state index contributed by atoms with van der Waals surface area (Å²) in [5.41, 5.74) is 2.68. The molecule has 0 aliphatic rings. The number of benzene rings is 2. The van der Waals surface area contributed by atoms with Crippen LogP contribution in [0, 0.1) is 6.92 Å². The molecule has 5 heteroatoms. The molecule has 0 aliphatic heterocycles. The van der Waals surface area contributed by atoms with E-state index >= 15 is 0 Å². The first kappa shape index (κ1) is 15.8. The number of methoxy groups -OCH3 is 1. The van der Waals surface area contributed by atoms with Crippen LogP contribution in [0.5, 0.6) is 5.75 Å². The van der Waals surface area contributed by atoms with Gasteiger partial charge in [-0.15, -0.1) is 0 Å². The second-order valence-corrected chi connectivity index (χ2v) is 5.49. The highest BCUT2D eigenvalue weighted by molar-refractivity contribution is 6.04. The lowest BCUT2D eigenvalue weighted by atomic mass is 10.1. The average molecular weight is 321 g/mol. The zero-order chi connectivity index (χ0) is 16.9. The normalized spacial score (nSPS) is 10.4. The molecule has 5 nitrogen and oxygen atoms in total. The largest absolute Gasteiger partial charge is 0.497 e. The minimum atomic E-state index is -0.135. The molecule has 0 radical (unpaired) electrons. The number of aromatic nitrogens is 2. The van der Waals surface area contributed by atoms with Crippen LogP contribution in [0.25, 0.3) is 0 Å². The van der Waals surface area contributed by atoms with Crippen LogP contribution in [0.1, 0.15) is 21.5 Å². The Hall–Kier alpha value is -3.08. The molecule has 24 heavy (non-hydrogen) atoms. The summed E-state index contributed by atoms with van der Waals surface area (Å²) in [5.74, 6) is 1.34. The van der Waals surface area contributed by atoms with Crippen molar-refractivity contribution in [2.75, 3.05) is 12.4 Å². The van der Waals surface area contributed by atoms with Crippen LogP contribution in [0.4, 0.5) is 5.82 Å². The molecule has 0 unspecified atom stereocenters. The van der Waals surface area contributed by atoms with Crippen LogP contribution in [0.2, 0.25) is 0 Å². The third kappa shape index (κ3) is 3.46. The van der Waals surface area contributed by atoms with Gasteiger partial charge in [0.15, 0.2) is 0 Å². The minimum Gasteiger partial charge on any atom is -0.497 e. The van der Waals surface area contributed by atoms with E-state index in [2.05, 4.69) is 10.4 Å². The predicted molar refractivity (Wildman–Crippen MR) is 93.5 cm³/mol. The van der Waals surface area contributed by atoms with Gasteiger partial charge in [-0.25, -0.2) is 4.68 Å². The van der Waals surface area contributed by atoms with E-state index in [0.717, 1.165) is 16.9 Å². The molecular formula is C19H19N3O2. The van der Waals surface area contributed by atoms with Crippen molar-refractivity contribution in [2.24, 2.45) is 0 Å². The maximum absolute atomic E-state index is 12.5. The molecule has 1 heterocycles. The number of carbonyl (C=O) groups excluding carboxylic acids is 1. The van der Waals surface area contributed by atoms with Crippen molar-refractivity contribution in [2.45, 2.75) is 13.5 Å². The van der Waals surface area contributed by atoms with Crippen LogP contribution in [0.15, 0.2) is 60.8 Å². The number of aryl methyl sites for hydroxylation is 1. The summed E-state index contributed by atoms with van der Waals surface area (Å²) in [6.45, 7) is 2.49. The molecule has 3 rings (SSSR count). The second-order valence-electron chi connectivity index (χ2n) is 5.49. The molecule has 1 aromatic heterocycles. The van der Waals surface area contributed by atoms with E-state index in [1.807, 2.05) is 55.5 Å². The lowest BCUT2D eigenvalue weighted by Crippen LogP contribution is -2.17. The van der Waals surface area contributed by atoms with E-state index in [0.29, 0.717) is 17.9 Å². The number of hydrogen-bond donors (Lipinski definition) is 1. The van der Waals surface area contributed by atoms with Gasteiger partial charge in [-0.1, -0.05) is 30.3 Å². The Bertz CT molecular complexity index is 838. The molecule has 0 fully saturated rings. The van der Waals surface area contributed by atoms with Crippen molar-refractivity contribution in [1.29, 1.82) is 0 Å². The number of rotatable bonds is 5. The van der Waals surface area contributed by atoms with Crippen molar-refractivity contribution < 1.29 is 9.53 Å². The Balaban J connectivity index is 1.75. The van der Waals surface area contributed by atoms with Crippen LogP contribution in [-0.4, -0.2) is 22.8 Å². The van der Waals surface area contributed by atoms with Crippen molar-refractivity contribution in [3.05, 3.63) is 77.5 Å². The third-order valence-corrected chi connectivity index (χ3v) is 3.84. The summed E-state index contributed by atoms with van der Waals surface area (Å²) in [4.78, 5) is 12.5. The lowest BCUT2D eigenvalue weighted by molar-refractivity contribution is 0.102. The number of hydrogen-bond acceptors (Lipinski definition) is 3. The van der Waals surface area contributed by atoms with Gasteiger partial charge in [-0.3, -0.25) is 4.79 Å². The number of nitrogens with one attached hydrogen (secondary N) is 1. The maximum Gasteiger partial charge on any atom is 0.257 e. The van der Waals surface area contributed by atoms with Crippen LogP contribution >= 0.6 is 0 Å². The maximum atomic E-state index is 12.5. The van der Waals surface area contributed by atoms with E-state index in [1.165, 1.54) is 0 Å². The fraction of sp³-hybridized carbons (Fsp3) is 0.158. The van der Waals surface area contributed by atoms with Gasteiger partial charge in [0, 0.05) is 11.6 Å². The smallest absolute Gasteiger partial charge is 0.257 e. The van der Waals surface area contributed by atoms with Crippen LogP contribution in [-0.2, 0) is 6.54 Å². The summed E-state index contributed by atoms with van der Waals surface area (Å²) in [7, 11) is 1.64. The summed E-state index contributed by atoms with van der Waals surface area (Å²) in [6, 6.07) is 17.1. The van der Waals surface area contributed by atoms with Crippen molar-refractivity contribution >= 4 is 11.7 Å². The zero-order valence-electron chi connectivity index (χ0n) is 13.7. The molecule has 1 amide bonds. The molecular weight excluding hydrogens is 302 g/mol. The quantitative estimate of drug-likeness (QED) is 0.782. The Kier molecular flexibility index (Phi) is 4.61. The molecule has 0 saturated carbocycles. The summed E-state index contributed by atoms with van der Waals surface area (Å²) in [6.07, 6.45) is 1.68. The molecule has 3 aromatic rings. The van der Waals surface area contributed by atoms with E-state index < -0.39 is 0 Å². The number of anilines is 1. The van der Waals surface area contributed by atoms with Crippen LogP contribution < -0.4 is 10.1 Å². The Morgan fingerprint density at radius 2 is 1.88 bits per heavy atom. The SMILES string of the molecule is COc1ccc(Cn2nccc2NC(=O)c2ccccc2C)cc1. The highest BCUT2D eigenvalue weighted by Crippen LogP contribution is 2.16. The first-order chi connectivity index (χ1) is 11.7. The number of nitrogens with zero attached hydrogens (tertiary/aromatic N) is 2. The van der Waals surface area contributed by atoms with Crippen LogP contribution in [0.3, 0.4) is 0 Å². The van der Waals surface area contributed by atoms with Crippen molar-refractivity contribution in [3.63, 3.8) is 0 Å². The summed E-state index contributed by atoms with van der Waals surface area (Å²) >= 11 is 0. The summed E-state index contributed by atoms with van der Waals surface area (Å²) < 4.78 is 6.92. The Labute approximate surface area is 140 Å². The molecule has 0 atom stereocenters. The molecule has 0 spiro atoms. The Morgan fingerprint density at radius 3 is 2.58 bits per heavy atom. The highest BCUT2D eigenvalue weighted by atomic mass is 16.5. The molecule has 122 valence electrons. The van der Waals surface area contributed by atoms with Gasteiger partial charge < -0.3 is 10.1 Å². The van der Waals surface area contributed by atoms with Gasteiger partial charge >= 0.3 is 0 Å². The van der Waals surface area contributed by atoms with E-state index in [1.54, 1.807) is 24.1 Å². The molecule has 0 aliphatic carbocycles. The van der Waals surface area contributed by atoms with E-state index in [4.69, 9.17) is 4.74 Å². The number of carbonyl (C=O) groups is 1. The van der Waals surface area contributed by atoms with Crippen molar-refractivity contribution in [3.8, 4) is 5.75 Å². The van der Waals surface area contributed by atoms with E-state index in [-0.39, 0.29) is 5.91 Å². The number of ether oxygens (including phenoxy) is 1. The fourth-order valence-corrected chi connectivity index (χ4v) is 2.48. The Morgan fingerprint density at radius 1 is 1.12 bits per heavy atom. The van der Waals surface area contributed by atoms with Gasteiger partial charge in [0.1, 0.15) is 11.6 Å². The third-order valence-electron chi connectivity index (χ3n) is 3.84. The standard InChI is InChI=1S/C19H19N3O2/c1-14-5-3-4-6-17(14)19(23)21-18-11-12-20-22(18)13-15-7-9-16(24-2)10-8-15/h3-12H,13H2,1-2H3,(H,21,23). The van der Waals surface area contributed by atoms with Crippen molar-refractivity contribution in [1.82, 2.24) is 9.78 Å². The average Bonchev–Trinajstić information content (AvgIpc) is 3.02.